The zero-order valence-corrected chi connectivity index (χ0v) is 12.3. The first-order chi connectivity index (χ1) is 10.5. The number of hydrogen-bond donors (Lipinski definition) is 2. The molecular formula is C16H16N2O4. The first-order valence-electron chi connectivity index (χ1n) is 6.79. The van der Waals surface area contributed by atoms with Crippen LogP contribution in [0.5, 0.6) is 0 Å². The fourth-order valence-corrected chi connectivity index (χ4v) is 1.78. The van der Waals surface area contributed by atoms with Gasteiger partial charge in [-0.2, -0.15) is 0 Å². The smallest absolute Gasteiger partial charge is 0.372 e. The fourth-order valence-electron chi connectivity index (χ4n) is 1.78. The Balaban J connectivity index is 2.04. The number of rotatable bonds is 3. The number of carbonyl (C=O) groups excluding carboxylic acids is 2. The van der Waals surface area contributed by atoms with E-state index >= 15 is 0 Å². The minimum absolute atomic E-state index is 0.0234. The number of aromatic amines is 1. The number of esters is 1. The number of carbonyl (C=O) groups is 2. The lowest BCUT2D eigenvalue weighted by Gasteiger charge is -2.08. The van der Waals surface area contributed by atoms with Crippen LogP contribution in [-0.4, -0.2) is 17.0 Å². The SMILES string of the molecule is CC(C)c1ccc(NC(=O)OC(=O)c2ccccc2)c(=O)[nH]1. The summed E-state index contributed by atoms with van der Waals surface area (Å²) in [5.41, 5.74) is 0.580. The molecule has 0 spiro atoms. The number of hydrogen-bond acceptors (Lipinski definition) is 4. The summed E-state index contributed by atoms with van der Waals surface area (Å²) in [6.45, 7) is 3.87. The van der Waals surface area contributed by atoms with E-state index in [4.69, 9.17) is 0 Å². The lowest BCUT2D eigenvalue weighted by molar-refractivity contribution is 0.0645. The van der Waals surface area contributed by atoms with Crippen LogP contribution in [0.3, 0.4) is 0 Å². The number of pyridine rings is 1. The highest BCUT2D eigenvalue weighted by atomic mass is 16.6. The Labute approximate surface area is 127 Å². The van der Waals surface area contributed by atoms with Gasteiger partial charge < -0.3 is 9.72 Å². The van der Waals surface area contributed by atoms with Gasteiger partial charge in [-0.25, -0.2) is 9.59 Å². The molecule has 1 aromatic carbocycles. The van der Waals surface area contributed by atoms with Crippen molar-refractivity contribution in [1.29, 1.82) is 0 Å². The Morgan fingerprint density at radius 1 is 1.09 bits per heavy atom. The molecular weight excluding hydrogens is 284 g/mol. The molecule has 0 bridgehead atoms. The maximum Gasteiger partial charge on any atom is 0.419 e. The summed E-state index contributed by atoms with van der Waals surface area (Å²) in [5, 5.41) is 2.25. The third kappa shape index (κ3) is 3.82. The lowest BCUT2D eigenvalue weighted by Crippen LogP contribution is -2.23. The highest BCUT2D eigenvalue weighted by Crippen LogP contribution is 2.11. The summed E-state index contributed by atoms with van der Waals surface area (Å²) in [4.78, 5) is 37.8. The Hall–Kier alpha value is -2.89. The molecule has 2 rings (SSSR count). The predicted molar refractivity (Wildman–Crippen MR) is 82.0 cm³/mol. The van der Waals surface area contributed by atoms with E-state index in [9.17, 15) is 14.4 Å². The normalized spacial score (nSPS) is 10.3. The van der Waals surface area contributed by atoms with Gasteiger partial charge >= 0.3 is 12.1 Å². The molecule has 1 aromatic heterocycles. The van der Waals surface area contributed by atoms with Crippen molar-refractivity contribution in [2.75, 3.05) is 5.32 Å². The molecule has 1 amide bonds. The van der Waals surface area contributed by atoms with E-state index in [0.717, 1.165) is 5.69 Å². The summed E-state index contributed by atoms with van der Waals surface area (Å²) >= 11 is 0. The number of H-pyrrole nitrogens is 1. The van der Waals surface area contributed by atoms with Crippen molar-refractivity contribution in [2.45, 2.75) is 19.8 Å². The molecule has 6 heteroatoms. The summed E-state index contributed by atoms with van der Waals surface area (Å²) in [5.74, 6) is -0.623. The van der Waals surface area contributed by atoms with Gasteiger partial charge in [-0.1, -0.05) is 32.0 Å². The zero-order valence-electron chi connectivity index (χ0n) is 12.3. The van der Waals surface area contributed by atoms with Crippen LogP contribution in [0.4, 0.5) is 10.5 Å². The molecule has 2 N–H and O–H groups in total. The summed E-state index contributed by atoms with van der Waals surface area (Å²) in [7, 11) is 0. The van der Waals surface area contributed by atoms with Crippen LogP contribution >= 0.6 is 0 Å². The second-order valence-electron chi connectivity index (χ2n) is 4.98. The highest BCUT2D eigenvalue weighted by molar-refractivity contribution is 6.00. The van der Waals surface area contributed by atoms with Gasteiger partial charge in [0.25, 0.3) is 5.56 Å². The molecule has 2 aromatic rings. The number of ether oxygens (including phenoxy) is 1. The lowest BCUT2D eigenvalue weighted by atomic mass is 10.1. The average molecular weight is 300 g/mol. The Morgan fingerprint density at radius 3 is 2.36 bits per heavy atom. The van der Waals surface area contributed by atoms with Gasteiger partial charge in [-0.3, -0.25) is 10.1 Å². The van der Waals surface area contributed by atoms with Crippen molar-refractivity contribution in [2.24, 2.45) is 0 Å². The van der Waals surface area contributed by atoms with Gasteiger partial charge in [0.15, 0.2) is 0 Å². The Bertz CT molecular complexity index is 735. The number of aromatic nitrogens is 1. The van der Waals surface area contributed by atoms with Crippen LogP contribution in [-0.2, 0) is 4.74 Å². The molecule has 114 valence electrons. The molecule has 22 heavy (non-hydrogen) atoms. The molecule has 0 saturated heterocycles. The van der Waals surface area contributed by atoms with Crippen molar-refractivity contribution in [3.8, 4) is 0 Å². The van der Waals surface area contributed by atoms with Crippen LogP contribution in [0.15, 0.2) is 47.3 Å². The van der Waals surface area contributed by atoms with Crippen molar-refractivity contribution in [3.63, 3.8) is 0 Å². The van der Waals surface area contributed by atoms with Crippen LogP contribution in [0, 0.1) is 0 Å². The van der Waals surface area contributed by atoms with E-state index in [2.05, 4.69) is 15.0 Å². The minimum Gasteiger partial charge on any atom is -0.372 e. The van der Waals surface area contributed by atoms with Crippen molar-refractivity contribution >= 4 is 17.7 Å². The number of benzene rings is 1. The van der Waals surface area contributed by atoms with E-state index in [1.165, 1.54) is 18.2 Å². The van der Waals surface area contributed by atoms with E-state index in [0.29, 0.717) is 0 Å². The average Bonchev–Trinajstić information content (AvgIpc) is 2.50. The second-order valence-corrected chi connectivity index (χ2v) is 4.98. The molecule has 0 atom stereocenters. The standard InChI is InChI=1S/C16H16N2O4/c1-10(2)12-8-9-13(14(19)17-12)18-16(21)22-15(20)11-6-4-3-5-7-11/h3-10H,1-2H3,(H,17,19)(H,18,21). The molecule has 6 nitrogen and oxygen atoms in total. The molecule has 0 aliphatic heterocycles. The molecule has 0 radical (unpaired) electrons. The number of anilines is 1. The van der Waals surface area contributed by atoms with E-state index in [1.807, 2.05) is 13.8 Å². The molecule has 0 saturated carbocycles. The maximum absolute atomic E-state index is 11.8. The van der Waals surface area contributed by atoms with Gasteiger partial charge in [0, 0.05) is 5.69 Å². The van der Waals surface area contributed by atoms with Gasteiger partial charge in [0.2, 0.25) is 0 Å². The van der Waals surface area contributed by atoms with Crippen molar-refractivity contribution in [3.05, 3.63) is 64.1 Å². The van der Waals surface area contributed by atoms with Crippen LogP contribution in [0.25, 0.3) is 0 Å². The van der Waals surface area contributed by atoms with Gasteiger partial charge in [0.05, 0.1) is 5.56 Å². The quantitative estimate of drug-likeness (QED) is 0.674. The van der Waals surface area contributed by atoms with E-state index < -0.39 is 17.6 Å². The molecule has 0 unspecified atom stereocenters. The Kier molecular flexibility index (Phi) is 4.73. The molecule has 0 aliphatic carbocycles. The molecule has 0 aliphatic rings. The summed E-state index contributed by atoms with van der Waals surface area (Å²) in [6.07, 6.45) is -1.00. The van der Waals surface area contributed by atoms with E-state index in [-0.39, 0.29) is 17.2 Å². The van der Waals surface area contributed by atoms with Crippen LogP contribution in [0.2, 0.25) is 0 Å². The topological polar surface area (TPSA) is 88.3 Å². The monoisotopic (exact) mass is 300 g/mol. The third-order valence-corrected chi connectivity index (χ3v) is 2.99. The van der Waals surface area contributed by atoms with Gasteiger partial charge in [-0.05, 0) is 30.2 Å². The fraction of sp³-hybridized carbons (Fsp3) is 0.188. The molecule has 1 heterocycles. The highest BCUT2D eigenvalue weighted by Gasteiger charge is 2.14. The maximum atomic E-state index is 11.8. The van der Waals surface area contributed by atoms with Crippen molar-refractivity contribution in [1.82, 2.24) is 4.98 Å². The van der Waals surface area contributed by atoms with Crippen LogP contribution in [0.1, 0.15) is 35.8 Å². The van der Waals surface area contributed by atoms with Crippen molar-refractivity contribution < 1.29 is 14.3 Å². The zero-order chi connectivity index (χ0) is 16.1. The van der Waals surface area contributed by atoms with Crippen LogP contribution < -0.4 is 10.9 Å². The number of nitrogens with one attached hydrogen (secondary N) is 2. The Morgan fingerprint density at radius 2 is 1.77 bits per heavy atom. The predicted octanol–water partition coefficient (Wildman–Crippen LogP) is 2.89. The van der Waals surface area contributed by atoms with Gasteiger partial charge in [-0.15, -0.1) is 0 Å². The summed E-state index contributed by atoms with van der Waals surface area (Å²) < 4.78 is 4.63. The van der Waals surface area contributed by atoms with E-state index in [1.54, 1.807) is 24.3 Å². The minimum atomic E-state index is -1.00. The second kappa shape index (κ2) is 6.71. The molecule has 0 fully saturated rings. The first-order valence-corrected chi connectivity index (χ1v) is 6.79. The van der Waals surface area contributed by atoms with Gasteiger partial charge in [0.1, 0.15) is 5.69 Å². The first kappa shape index (κ1) is 15.5. The largest absolute Gasteiger partial charge is 0.419 e. The number of amides is 1. The third-order valence-electron chi connectivity index (χ3n) is 2.99. The summed E-state index contributed by atoms with van der Waals surface area (Å²) in [6, 6.07) is 11.3.